The van der Waals surface area contributed by atoms with Crippen LogP contribution in [0.25, 0.3) is 5.57 Å². The molecule has 0 unspecified atom stereocenters. The van der Waals surface area contributed by atoms with E-state index in [-0.39, 0.29) is 0 Å². The van der Waals surface area contributed by atoms with Crippen molar-refractivity contribution in [2.75, 3.05) is 26.3 Å². The van der Waals surface area contributed by atoms with E-state index >= 15 is 0 Å². The smallest absolute Gasteiger partial charge is 0.0776 e. The summed E-state index contributed by atoms with van der Waals surface area (Å²) in [5, 5.41) is 0. The van der Waals surface area contributed by atoms with Crippen LogP contribution in [0.5, 0.6) is 0 Å². The average Bonchev–Trinajstić information content (AvgIpc) is 2.65. The van der Waals surface area contributed by atoms with Gasteiger partial charge in [0.05, 0.1) is 18.9 Å². The van der Waals surface area contributed by atoms with Gasteiger partial charge in [-0.05, 0) is 24.5 Å². The van der Waals surface area contributed by atoms with Crippen molar-refractivity contribution >= 4 is 11.8 Å². The molecule has 5 nitrogen and oxygen atoms in total. The van der Waals surface area contributed by atoms with Crippen LogP contribution in [0.2, 0.25) is 0 Å². The molecule has 0 spiro atoms. The van der Waals surface area contributed by atoms with E-state index in [4.69, 9.17) is 15.5 Å². The lowest BCUT2D eigenvalue weighted by atomic mass is 9.96. The highest BCUT2D eigenvalue weighted by Gasteiger charge is 2.15. The average molecular weight is 328 g/mol. The van der Waals surface area contributed by atoms with Crippen molar-refractivity contribution < 1.29 is 4.74 Å². The Balaban J connectivity index is 1.72. The first-order valence-electron chi connectivity index (χ1n) is 9.06. The quantitative estimate of drug-likeness (QED) is 0.844. The largest absolute Gasteiger partial charge is 0.404 e. The third kappa shape index (κ3) is 4.65. The number of nitrogens with zero attached hydrogens (tertiary/aromatic N) is 3. The van der Waals surface area contributed by atoms with Gasteiger partial charge >= 0.3 is 0 Å². The zero-order chi connectivity index (χ0) is 16.6. The lowest BCUT2D eigenvalue weighted by molar-refractivity contribution is 0.0341. The Morgan fingerprint density at radius 3 is 2.83 bits per heavy atom. The molecule has 0 bridgehead atoms. The van der Waals surface area contributed by atoms with E-state index in [1.807, 2.05) is 18.5 Å². The zero-order valence-corrected chi connectivity index (χ0v) is 14.4. The molecule has 0 atom stereocenters. The number of hydrogen-bond donors (Lipinski definition) is 1. The number of hydrogen-bond acceptors (Lipinski definition) is 5. The summed E-state index contributed by atoms with van der Waals surface area (Å²) in [6, 6.07) is 4.57. The Morgan fingerprint density at radius 2 is 2.08 bits per heavy atom. The molecule has 130 valence electrons. The third-order valence-electron chi connectivity index (χ3n) is 4.84. The SMILES string of the molecule is NC=C(C=NC1CCCCC1)c1ncccc1CN1CCOCC1. The Bertz CT molecular complexity index is 572. The standard InChI is InChI=1S/C19H28N4O/c20-13-17(14-22-18-6-2-1-3-7-18)19-16(5-4-8-21-19)15-23-9-11-24-12-10-23/h4-5,8,13-14,18H,1-3,6-7,9-12,15,20H2. The van der Waals surface area contributed by atoms with Crippen molar-refractivity contribution in [1.29, 1.82) is 0 Å². The topological polar surface area (TPSA) is 63.7 Å². The summed E-state index contributed by atoms with van der Waals surface area (Å²) >= 11 is 0. The van der Waals surface area contributed by atoms with Gasteiger partial charge in [-0.2, -0.15) is 0 Å². The Kier molecular flexibility index (Phi) is 6.38. The van der Waals surface area contributed by atoms with Gasteiger partial charge in [-0.15, -0.1) is 0 Å². The molecule has 1 aromatic rings. The molecule has 2 aliphatic rings. The normalized spacial score (nSPS) is 21.4. The minimum Gasteiger partial charge on any atom is -0.404 e. The molecule has 1 saturated carbocycles. The number of nitrogens with two attached hydrogens (primary N) is 1. The molecule has 1 aliphatic heterocycles. The van der Waals surface area contributed by atoms with Gasteiger partial charge in [0, 0.05) is 49.9 Å². The first-order valence-corrected chi connectivity index (χ1v) is 9.06. The Hall–Kier alpha value is -1.72. The summed E-state index contributed by atoms with van der Waals surface area (Å²) in [5.74, 6) is 0. The van der Waals surface area contributed by atoms with Gasteiger partial charge < -0.3 is 10.5 Å². The van der Waals surface area contributed by atoms with Crippen LogP contribution in [0.1, 0.15) is 43.4 Å². The van der Waals surface area contributed by atoms with Crippen LogP contribution >= 0.6 is 0 Å². The number of aliphatic imine (C=N–C) groups is 1. The van der Waals surface area contributed by atoms with Crippen LogP contribution in [-0.2, 0) is 11.3 Å². The van der Waals surface area contributed by atoms with Crippen LogP contribution in [0.15, 0.2) is 29.5 Å². The van der Waals surface area contributed by atoms with E-state index in [0.717, 1.165) is 44.1 Å². The minimum absolute atomic E-state index is 0.445. The maximum atomic E-state index is 5.90. The third-order valence-corrected chi connectivity index (χ3v) is 4.84. The number of allylic oxidation sites excluding steroid dienone is 1. The van der Waals surface area contributed by atoms with Crippen LogP contribution in [-0.4, -0.2) is 48.4 Å². The van der Waals surface area contributed by atoms with E-state index in [9.17, 15) is 0 Å². The summed E-state index contributed by atoms with van der Waals surface area (Å²) in [7, 11) is 0. The van der Waals surface area contributed by atoms with Crippen LogP contribution < -0.4 is 5.73 Å². The maximum Gasteiger partial charge on any atom is 0.0776 e. The monoisotopic (exact) mass is 328 g/mol. The second-order valence-corrected chi connectivity index (χ2v) is 6.59. The Morgan fingerprint density at radius 1 is 1.29 bits per heavy atom. The predicted molar refractivity (Wildman–Crippen MR) is 97.9 cm³/mol. The number of rotatable bonds is 5. The number of ether oxygens (including phenoxy) is 1. The molecule has 1 aromatic heterocycles. The van der Waals surface area contributed by atoms with E-state index in [1.54, 1.807) is 6.20 Å². The molecule has 5 heteroatoms. The summed E-state index contributed by atoms with van der Waals surface area (Å²) in [4.78, 5) is 11.8. The summed E-state index contributed by atoms with van der Waals surface area (Å²) in [6.45, 7) is 4.41. The van der Waals surface area contributed by atoms with Gasteiger partial charge in [0.1, 0.15) is 0 Å². The van der Waals surface area contributed by atoms with E-state index in [0.29, 0.717) is 6.04 Å². The van der Waals surface area contributed by atoms with Crippen LogP contribution in [0.3, 0.4) is 0 Å². The van der Waals surface area contributed by atoms with Gasteiger partial charge in [-0.25, -0.2) is 0 Å². The number of pyridine rings is 1. The zero-order valence-electron chi connectivity index (χ0n) is 14.4. The molecule has 2 N–H and O–H groups in total. The lowest BCUT2D eigenvalue weighted by Crippen LogP contribution is -2.35. The molecule has 0 amide bonds. The number of aromatic nitrogens is 1. The van der Waals surface area contributed by atoms with Gasteiger partial charge in [0.25, 0.3) is 0 Å². The molecule has 0 radical (unpaired) electrons. The van der Waals surface area contributed by atoms with Crippen LogP contribution in [0, 0.1) is 0 Å². The van der Waals surface area contributed by atoms with Gasteiger partial charge in [-0.1, -0.05) is 25.3 Å². The number of morpholine rings is 1. The fourth-order valence-corrected chi connectivity index (χ4v) is 3.43. The van der Waals surface area contributed by atoms with Crippen LogP contribution in [0.4, 0.5) is 0 Å². The van der Waals surface area contributed by atoms with E-state index < -0.39 is 0 Å². The molecule has 2 fully saturated rings. The molecule has 3 rings (SSSR count). The molecule has 1 saturated heterocycles. The molecule has 1 aliphatic carbocycles. The molecule has 0 aromatic carbocycles. The second-order valence-electron chi connectivity index (χ2n) is 6.59. The minimum atomic E-state index is 0.445. The van der Waals surface area contributed by atoms with Crippen molar-refractivity contribution in [3.05, 3.63) is 35.8 Å². The summed E-state index contributed by atoms with van der Waals surface area (Å²) in [5.41, 5.74) is 8.97. The highest BCUT2D eigenvalue weighted by molar-refractivity contribution is 6.09. The highest BCUT2D eigenvalue weighted by Crippen LogP contribution is 2.22. The molecular formula is C19H28N4O. The maximum absolute atomic E-state index is 5.90. The summed E-state index contributed by atoms with van der Waals surface area (Å²) in [6.07, 6.45) is 11.7. The van der Waals surface area contributed by atoms with Gasteiger partial charge in [0.15, 0.2) is 0 Å². The van der Waals surface area contributed by atoms with Crippen molar-refractivity contribution in [3.8, 4) is 0 Å². The fourth-order valence-electron chi connectivity index (χ4n) is 3.43. The predicted octanol–water partition coefficient (Wildman–Crippen LogP) is 2.62. The van der Waals surface area contributed by atoms with E-state index in [1.165, 1.54) is 37.7 Å². The lowest BCUT2D eigenvalue weighted by Gasteiger charge is -2.27. The van der Waals surface area contributed by atoms with E-state index in [2.05, 4.69) is 16.0 Å². The fraction of sp³-hybridized carbons (Fsp3) is 0.579. The molecule has 24 heavy (non-hydrogen) atoms. The summed E-state index contributed by atoms with van der Waals surface area (Å²) < 4.78 is 5.43. The molecular weight excluding hydrogens is 300 g/mol. The van der Waals surface area contributed by atoms with Crippen molar-refractivity contribution in [3.63, 3.8) is 0 Å². The highest BCUT2D eigenvalue weighted by atomic mass is 16.5. The first-order chi connectivity index (χ1) is 11.9. The second kappa shape index (κ2) is 8.94. The van der Waals surface area contributed by atoms with Gasteiger partial charge in [0.2, 0.25) is 0 Å². The van der Waals surface area contributed by atoms with Crippen molar-refractivity contribution in [2.24, 2.45) is 10.7 Å². The van der Waals surface area contributed by atoms with Gasteiger partial charge in [-0.3, -0.25) is 14.9 Å². The van der Waals surface area contributed by atoms with Crippen molar-refractivity contribution in [2.45, 2.75) is 44.7 Å². The Labute approximate surface area is 144 Å². The first kappa shape index (κ1) is 17.1. The molecule has 2 heterocycles. The van der Waals surface area contributed by atoms with Crippen molar-refractivity contribution in [1.82, 2.24) is 9.88 Å².